The highest BCUT2D eigenvalue weighted by molar-refractivity contribution is 7.79. The van der Waals surface area contributed by atoms with Gasteiger partial charge in [0.25, 0.3) is 0 Å². The second-order valence-electron chi connectivity index (χ2n) is 3.41. The number of aliphatic imine (C=N–C) groups is 1. The van der Waals surface area contributed by atoms with Crippen LogP contribution in [-0.4, -0.2) is 19.7 Å². The highest BCUT2D eigenvalue weighted by Crippen LogP contribution is 2.30. The van der Waals surface area contributed by atoms with Crippen LogP contribution in [0.25, 0.3) is 10.8 Å². The zero-order chi connectivity index (χ0) is 13.3. The minimum absolute atomic E-state index is 0.110. The molecule has 8 heteroatoms. The van der Waals surface area contributed by atoms with Crippen LogP contribution in [0.5, 0.6) is 0 Å². The Morgan fingerprint density at radius 1 is 1.39 bits per heavy atom. The molecule has 1 heterocycles. The van der Waals surface area contributed by atoms with Crippen molar-refractivity contribution in [2.45, 2.75) is 4.90 Å². The number of hydrogen-bond acceptors (Lipinski definition) is 4. The second kappa shape index (κ2) is 4.89. The van der Waals surface area contributed by atoms with Crippen LogP contribution in [0.2, 0.25) is 5.02 Å². The van der Waals surface area contributed by atoms with Crippen molar-refractivity contribution in [2.24, 2.45) is 16.5 Å². The third kappa shape index (κ3) is 2.42. The van der Waals surface area contributed by atoms with Crippen molar-refractivity contribution < 1.29 is 8.76 Å². The second-order valence-corrected chi connectivity index (χ2v) is 4.76. The van der Waals surface area contributed by atoms with Crippen LogP contribution in [0.4, 0.5) is 5.82 Å². The van der Waals surface area contributed by atoms with E-state index in [-0.39, 0.29) is 16.7 Å². The number of guanidine groups is 1. The summed E-state index contributed by atoms with van der Waals surface area (Å²) in [6.45, 7) is 0. The SMILES string of the molecule is NC(N)=Nc1ncc(Cl)c2ccc(S(=O)[O-])cc12. The fraction of sp³-hybridized carbons (Fsp3) is 0. The number of halogens is 1. The highest BCUT2D eigenvalue weighted by Gasteiger charge is 2.07. The van der Waals surface area contributed by atoms with Gasteiger partial charge in [-0.1, -0.05) is 17.7 Å². The van der Waals surface area contributed by atoms with Gasteiger partial charge < -0.3 is 16.0 Å². The Bertz CT molecular complexity index is 670. The molecule has 6 nitrogen and oxygen atoms in total. The fourth-order valence-electron chi connectivity index (χ4n) is 1.49. The van der Waals surface area contributed by atoms with Gasteiger partial charge in [-0.3, -0.25) is 4.21 Å². The van der Waals surface area contributed by atoms with E-state index in [0.29, 0.717) is 15.8 Å². The number of benzene rings is 1. The van der Waals surface area contributed by atoms with Crippen LogP contribution in [0.3, 0.4) is 0 Å². The van der Waals surface area contributed by atoms with E-state index in [1.165, 1.54) is 18.3 Å². The van der Waals surface area contributed by atoms with Crippen molar-refractivity contribution in [1.29, 1.82) is 0 Å². The van der Waals surface area contributed by atoms with Crippen LogP contribution in [-0.2, 0) is 11.1 Å². The molecule has 0 aliphatic heterocycles. The Hall–Kier alpha value is -1.70. The van der Waals surface area contributed by atoms with Crippen molar-refractivity contribution >= 4 is 45.2 Å². The van der Waals surface area contributed by atoms with Gasteiger partial charge in [-0.05, 0) is 23.2 Å². The molecule has 0 amide bonds. The van der Waals surface area contributed by atoms with Gasteiger partial charge in [0, 0.05) is 21.9 Å². The van der Waals surface area contributed by atoms with Crippen molar-refractivity contribution in [3.63, 3.8) is 0 Å². The van der Waals surface area contributed by atoms with Crippen LogP contribution < -0.4 is 11.5 Å². The van der Waals surface area contributed by atoms with Crippen molar-refractivity contribution in [3.05, 3.63) is 29.4 Å². The Morgan fingerprint density at radius 2 is 2.11 bits per heavy atom. The Kier molecular flexibility index (Phi) is 3.46. The van der Waals surface area contributed by atoms with Crippen LogP contribution >= 0.6 is 11.6 Å². The first-order chi connectivity index (χ1) is 8.49. The Balaban J connectivity index is 2.79. The van der Waals surface area contributed by atoms with Gasteiger partial charge in [0.1, 0.15) is 0 Å². The normalized spacial score (nSPS) is 12.3. The number of rotatable bonds is 2. The van der Waals surface area contributed by atoms with Gasteiger partial charge in [-0.25, -0.2) is 4.98 Å². The summed E-state index contributed by atoms with van der Waals surface area (Å²) in [5.41, 5.74) is 10.6. The molecule has 2 aromatic rings. The third-order valence-corrected chi connectivity index (χ3v) is 3.16. The largest absolute Gasteiger partial charge is 0.768 e. The lowest BCUT2D eigenvalue weighted by molar-refractivity contribution is 0.537. The lowest BCUT2D eigenvalue weighted by Crippen LogP contribution is -2.22. The summed E-state index contributed by atoms with van der Waals surface area (Å²) < 4.78 is 21.8. The molecular formula is C10H8ClN4O2S-. The van der Waals surface area contributed by atoms with E-state index in [2.05, 4.69) is 9.98 Å². The maximum atomic E-state index is 10.9. The molecule has 0 bridgehead atoms. The quantitative estimate of drug-likeness (QED) is 0.485. The summed E-state index contributed by atoms with van der Waals surface area (Å²) in [7, 11) is 0. The number of aromatic nitrogens is 1. The number of nitrogens with two attached hydrogens (primary N) is 2. The standard InChI is InChI=1S/C10H9ClN4O2S/c11-8-4-14-9(15-10(12)13)7-3-5(18(16)17)1-2-6(7)8/h1-4H,(H,16,17)(H4,12,13,14,15)/p-1. The number of fused-ring (bicyclic) bond motifs is 1. The van der Waals surface area contributed by atoms with Gasteiger partial charge >= 0.3 is 0 Å². The predicted octanol–water partition coefficient (Wildman–Crippen LogP) is 1.03. The molecule has 1 aromatic heterocycles. The molecule has 1 unspecified atom stereocenters. The maximum Gasteiger partial charge on any atom is 0.192 e. The topological polar surface area (TPSA) is 117 Å². The van der Waals surface area contributed by atoms with E-state index in [9.17, 15) is 8.76 Å². The molecule has 0 saturated heterocycles. The summed E-state index contributed by atoms with van der Waals surface area (Å²) in [5.74, 6) is 0.0569. The molecule has 1 atom stereocenters. The molecule has 0 saturated carbocycles. The van der Waals surface area contributed by atoms with Crippen molar-refractivity contribution in [3.8, 4) is 0 Å². The minimum atomic E-state index is -2.34. The molecule has 0 aliphatic carbocycles. The van der Waals surface area contributed by atoms with E-state index in [1.54, 1.807) is 6.07 Å². The maximum absolute atomic E-state index is 10.9. The predicted molar refractivity (Wildman–Crippen MR) is 69.4 cm³/mol. The van der Waals surface area contributed by atoms with Gasteiger partial charge in [0.2, 0.25) is 0 Å². The van der Waals surface area contributed by atoms with Crippen molar-refractivity contribution in [1.82, 2.24) is 4.98 Å². The summed E-state index contributed by atoms with van der Waals surface area (Å²) in [5, 5.41) is 1.49. The van der Waals surface area contributed by atoms with Gasteiger partial charge in [0.15, 0.2) is 11.8 Å². The molecule has 0 fully saturated rings. The number of hydrogen-bond donors (Lipinski definition) is 2. The summed E-state index contributed by atoms with van der Waals surface area (Å²) in [6.07, 6.45) is 1.40. The van der Waals surface area contributed by atoms with E-state index in [4.69, 9.17) is 23.1 Å². The van der Waals surface area contributed by atoms with Gasteiger partial charge in [0.05, 0.1) is 5.02 Å². The van der Waals surface area contributed by atoms with E-state index < -0.39 is 11.1 Å². The van der Waals surface area contributed by atoms with Gasteiger partial charge in [-0.2, -0.15) is 4.99 Å². The smallest absolute Gasteiger partial charge is 0.192 e. The Labute approximate surface area is 110 Å². The highest BCUT2D eigenvalue weighted by atomic mass is 35.5. The average Bonchev–Trinajstić information content (AvgIpc) is 2.32. The summed E-state index contributed by atoms with van der Waals surface area (Å²) in [6, 6.07) is 4.44. The molecule has 1 aromatic carbocycles. The zero-order valence-electron chi connectivity index (χ0n) is 8.96. The Morgan fingerprint density at radius 3 is 2.72 bits per heavy atom. The van der Waals surface area contributed by atoms with E-state index in [0.717, 1.165) is 0 Å². The molecular weight excluding hydrogens is 276 g/mol. The average molecular weight is 284 g/mol. The minimum Gasteiger partial charge on any atom is -0.768 e. The van der Waals surface area contributed by atoms with Gasteiger partial charge in [-0.15, -0.1) is 0 Å². The molecule has 2 rings (SSSR count). The molecule has 0 spiro atoms. The van der Waals surface area contributed by atoms with Crippen LogP contribution in [0.1, 0.15) is 0 Å². The third-order valence-electron chi connectivity index (χ3n) is 2.22. The first-order valence-electron chi connectivity index (χ1n) is 4.76. The van der Waals surface area contributed by atoms with E-state index >= 15 is 0 Å². The zero-order valence-corrected chi connectivity index (χ0v) is 10.5. The molecule has 0 radical (unpaired) electrons. The number of nitrogens with zero attached hydrogens (tertiary/aromatic N) is 2. The molecule has 18 heavy (non-hydrogen) atoms. The lowest BCUT2D eigenvalue weighted by Gasteiger charge is -2.08. The first kappa shape index (κ1) is 12.7. The van der Waals surface area contributed by atoms with Crippen LogP contribution in [0, 0.1) is 0 Å². The first-order valence-corrected chi connectivity index (χ1v) is 6.21. The summed E-state index contributed by atoms with van der Waals surface area (Å²) >= 11 is 3.63. The monoisotopic (exact) mass is 283 g/mol. The molecule has 0 aliphatic rings. The van der Waals surface area contributed by atoms with Crippen molar-refractivity contribution in [2.75, 3.05) is 0 Å². The molecule has 94 valence electrons. The lowest BCUT2D eigenvalue weighted by atomic mass is 10.1. The van der Waals surface area contributed by atoms with E-state index in [1.807, 2.05) is 0 Å². The fourth-order valence-corrected chi connectivity index (χ4v) is 2.10. The summed E-state index contributed by atoms with van der Waals surface area (Å²) in [4.78, 5) is 7.91. The molecule has 4 N–H and O–H groups in total. The number of pyridine rings is 1. The van der Waals surface area contributed by atoms with Crippen LogP contribution in [0.15, 0.2) is 34.3 Å².